The fourth-order valence-corrected chi connectivity index (χ4v) is 3.40. The maximum absolute atomic E-state index is 12.8. The van der Waals surface area contributed by atoms with E-state index in [-0.39, 0.29) is 23.9 Å². The highest BCUT2D eigenvalue weighted by molar-refractivity contribution is 5.97. The fourth-order valence-electron chi connectivity index (χ4n) is 3.40. The lowest BCUT2D eigenvalue weighted by molar-refractivity contribution is 0.0963. The van der Waals surface area contributed by atoms with Crippen molar-refractivity contribution in [1.29, 1.82) is 0 Å². The van der Waals surface area contributed by atoms with Gasteiger partial charge in [0.05, 0.1) is 18.0 Å². The Morgan fingerprint density at radius 2 is 2.00 bits per heavy atom. The van der Waals surface area contributed by atoms with Gasteiger partial charge in [0, 0.05) is 24.1 Å². The van der Waals surface area contributed by atoms with Crippen molar-refractivity contribution in [3.05, 3.63) is 57.6 Å². The summed E-state index contributed by atoms with van der Waals surface area (Å²) in [5, 5.41) is 8.38. The van der Waals surface area contributed by atoms with Crippen molar-refractivity contribution in [2.75, 3.05) is 13.7 Å². The molecule has 0 N–H and O–H groups in total. The van der Waals surface area contributed by atoms with Crippen LogP contribution in [0, 0.1) is 13.8 Å². The van der Waals surface area contributed by atoms with E-state index >= 15 is 0 Å². The van der Waals surface area contributed by atoms with Crippen LogP contribution in [0.15, 0.2) is 35.1 Å². The molecule has 2 heterocycles. The molecule has 26 heavy (non-hydrogen) atoms. The van der Waals surface area contributed by atoms with Gasteiger partial charge in [0.1, 0.15) is 12.1 Å². The Morgan fingerprint density at radius 1 is 1.27 bits per heavy atom. The quantitative estimate of drug-likeness (QED) is 0.635. The number of hydrogen-bond donors (Lipinski definition) is 0. The molecule has 0 aliphatic heterocycles. The molecule has 7 nitrogen and oxygen atoms in total. The normalized spacial score (nSPS) is 12.5. The van der Waals surface area contributed by atoms with Gasteiger partial charge in [0.2, 0.25) is 0 Å². The summed E-state index contributed by atoms with van der Waals surface area (Å²) in [4.78, 5) is 25.3. The van der Waals surface area contributed by atoms with Gasteiger partial charge >= 0.3 is 0 Å². The smallest absolute Gasteiger partial charge is 0.278 e. The molecule has 0 bridgehead atoms. The second kappa shape index (κ2) is 7.21. The molecule has 0 amide bonds. The van der Waals surface area contributed by atoms with Crippen LogP contribution in [0.5, 0.6) is 0 Å². The van der Waals surface area contributed by atoms with Crippen LogP contribution < -0.4 is 5.56 Å². The molecule has 7 heteroatoms. The molecule has 1 unspecified atom stereocenters. The van der Waals surface area contributed by atoms with E-state index in [1.165, 1.54) is 0 Å². The third-order valence-electron chi connectivity index (χ3n) is 4.56. The predicted octanol–water partition coefficient (Wildman–Crippen LogP) is 2.30. The van der Waals surface area contributed by atoms with Crippen molar-refractivity contribution >= 4 is 16.7 Å². The molecule has 0 fully saturated rings. The van der Waals surface area contributed by atoms with E-state index in [2.05, 4.69) is 14.9 Å². The number of ether oxygens (including phenoxy) is 1. The van der Waals surface area contributed by atoms with Crippen molar-refractivity contribution in [2.24, 2.45) is 0 Å². The molecule has 0 radical (unpaired) electrons. The zero-order valence-electron chi connectivity index (χ0n) is 15.4. The van der Waals surface area contributed by atoms with Crippen LogP contribution in [-0.2, 0) is 11.3 Å². The van der Waals surface area contributed by atoms with Gasteiger partial charge in [-0.05, 0) is 39.0 Å². The summed E-state index contributed by atoms with van der Waals surface area (Å²) in [6.07, 6.45) is 0. The Balaban J connectivity index is 1.93. The highest BCUT2D eigenvalue weighted by Crippen LogP contribution is 2.21. The van der Waals surface area contributed by atoms with E-state index < -0.39 is 0 Å². The van der Waals surface area contributed by atoms with Crippen molar-refractivity contribution in [3.8, 4) is 0 Å². The number of Topliss-reactive ketones (excluding diaryl/α,β-unsaturated/α-hetero) is 1. The lowest BCUT2D eigenvalue weighted by Gasteiger charge is -2.17. The van der Waals surface area contributed by atoms with Crippen molar-refractivity contribution in [3.63, 3.8) is 0 Å². The Labute approximate surface area is 151 Å². The second-order valence-corrected chi connectivity index (χ2v) is 6.45. The van der Waals surface area contributed by atoms with Crippen LogP contribution in [0.3, 0.4) is 0 Å². The topological polar surface area (TPSA) is 79.0 Å². The molecular formula is C19H22N4O3. The first-order valence-electron chi connectivity index (χ1n) is 8.47. The fraction of sp³-hybridized carbons (Fsp3) is 0.368. The summed E-state index contributed by atoms with van der Waals surface area (Å²) >= 11 is 0. The van der Waals surface area contributed by atoms with Gasteiger partial charge in [0.25, 0.3) is 5.56 Å². The standard InChI is InChI=1S/C19H22N4O3/c1-12-9-16(14(3)23(12)13(2)11-26-4)18(24)10-22-19(25)15-7-5-6-8-17(15)20-21-22/h5-9,13H,10-11H2,1-4H3. The van der Waals surface area contributed by atoms with Gasteiger partial charge in [0.15, 0.2) is 5.78 Å². The van der Waals surface area contributed by atoms with Crippen molar-refractivity contribution in [1.82, 2.24) is 19.6 Å². The number of carbonyl (C=O) groups is 1. The van der Waals surface area contributed by atoms with Crippen molar-refractivity contribution in [2.45, 2.75) is 33.4 Å². The summed E-state index contributed by atoms with van der Waals surface area (Å²) in [5.41, 5.74) is 2.64. The Morgan fingerprint density at radius 3 is 2.73 bits per heavy atom. The maximum Gasteiger partial charge on any atom is 0.278 e. The van der Waals surface area contributed by atoms with E-state index in [9.17, 15) is 9.59 Å². The molecule has 0 saturated heterocycles. The Kier molecular flexibility index (Phi) is 4.99. The van der Waals surface area contributed by atoms with Gasteiger partial charge in [-0.2, -0.15) is 0 Å². The van der Waals surface area contributed by atoms with Crippen LogP contribution >= 0.6 is 0 Å². The Bertz CT molecular complexity index is 1020. The van der Waals surface area contributed by atoms with E-state index in [0.717, 1.165) is 16.1 Å². The number of rotatable bonds is 6. The monoisotopic (exact) mass is 354 g/mol. The molecule has 0 saturated carbocycles. The average molecular weight is 354 g/mol. The lowest BCUT2D eigenvalue weighted by Crippen LogP contribution is -2.28. The van der Waals surface area contributed by atoms with Gasteiger partial charge in [-0.15, -0.1) is 5.10 Å². The minimum atomic E-state index is -0.314. The van der Waals surface area contributed by atoms with Crippen LogP contribution in [0.1, 0.15) is 34.7 Å². The van der Waals surface area contributed by atoms with Crippen molar-refractivity contribution < 1.29 is 9.53 Å². The molecule has 0 aliphatic rings. The van der Waals surface area contributed by atoms with Crippen LogP contribution in [-0.4, -0.2) is 39.1 Å². The summed E-state index contributed by atoms with van der Waals surface area (Å²) in [6.45, 7) is 6.31. The number of methoxy groups -OCH3 is 1. The van der Waals surface area contributed by atoms with E-state index in [1.54, 1.807) is 31.4 Å². The lowest BCUT2D eigenvalue weighted by atomic mass is 10.1. The zero-order valence-corrected chi connectivity index (χ0v) is 15.4. The summed E-state index contributed by atoms with van der Waals surface area (Å²) < 4.78 is 8.42. The largest absolute Gasteiger partial charge is 0.383 e. The van der Waals surface area contributed by atoms with Crippen LogP contribution in [0.25, 0.3) is 10.9 Å². The molecule has 0 spiro atoms. The van der Waals surface area contributed by atoms with Gasteiger partial charge < -0.3 is 9.30 Å². The first-order valence-corrected chi connectivity index (χ1v) is 8.47. The minimum absolute atomic E-state index is 0.115. The number of hydrogen-bond acceptors (Lipinski definition) is 5. The number of aromatic nitrogens is 4. The summed E-state index contributed by atoms with van der Waals surface area (Å²) in [5.74, 6) is -0.166. The summed E-state index contributed by atoms with van der Waals surface area (Å²) in [7, 11) is 1.65. The molecular weight excluding hydrogens is 332 g/mol. The third-order valence-corrected chi connectivity index (χ3v) is 4.56. The number of aryl methyl sites for hydroxylation is 1. The predicted molar refractivity (Wildman–Crippen MR) is 98.6 cm³/mol. The molecule has 0 aliphatic carbocycles. The average Bonchev–Trinajstić information content (AvgIpc) is 2.92. The SMILES string of the molecule is COCC(C)n1c(C)cc(C(=O)Cn2nnc3ccccc3c2=O)c1C. The highest BCUT2D eigenvalue weighted by atomic mass is 16.5. The van der Waals surface area contributed by atoms with Gasteiger partial charge in [-0.1, -0.05) is 17.3 Å². The second-order valence-electron chi connectivity index (χ2n) is 6.45. The van der Waals surface area contributed by atoms with Crippen LogP contribution in [0.2, 0.25) is 0 Å². The van der Waals surface area contributed by atoms with E-state index in [0.29, 0.717) is 23.1 Å². The first kappa shape index (κ1) is 18.0. The molecule has 1 aromatic carbocycles. The van der Waals surface area contributed by atoms with Gasteiger partial charge in [-0.25, -0.2) is 4.68 Å². The Hall–Kier alpha value is -2.80. The summed E-state index contributed by atoms with van der Waals surface area (Å²) in [6, 6.07) is 8.93. The maximum atomic E-state index is 12.8. The number of nitrogens with zero attached hydrogens (tertiary/aromatic N) is 4. The van der Waals surface area contributed by atoms with Gasteiger partial charge in [-0.3, -0.25) is 9.59 Å². The minimum Gasteiger partial charge on any atom is -0.383 e. The van der Waals surface area contributed by atoms with Crippen LogP contribution in [0.4, 0.5) is 0 Å². The first-order chi connectivity index (χ1) is 12.4. The zero-order chi connectivity index (χ0) is 18.8. The third kappa shape index (κ3) is 3.17. The highest BCUT2D eigenvalue weighted by Gasteiger charge is 2.20. The molecule has 2 aromatic heterocycles. The molecule has 1 atom stereocenters. The molecule has 3 rings (SSSR count). The van der Waals surface area contributed by atoms with E-state index in [1.807, 2.05) is 26.8 Å². The molecule has 136 valence electrons. The number of carbonyl (C=O) groups excluding carboxylic acids is 1. The number of ketones is 1. The molecule has 3 aromatic rings. The number of benzene rings is 1. The van der Waals surface area contributed by atoms with E-state index in [4.69, 9.17) is 4.74 Å². The number of fused-ring (bicyclic) bond motifs is 1.